The molecule has 5 rings (SSSR count). The summed E-state index contributed by atoms with van der Waals surface area (Å²) < 4.78 is 1.83. The van der Waals surface area contributed by atoms with Gasteiger partial charge >= 0.3 is 5.69 Å². The van der Waals surface area contributed by atoms with Crippen molar-refractivity contribution in [3.8, 4) is 0 Å². The van der Waals surface area contributed by atoms with Crippen LogP contribution in [-0.2, 0) is 4.79 Å². The molecule has 2 saturated heterocycles. The number of likely N-dealkylation sites (tertiary alicyclic amines) is 2. The monoisotopic (exact) mass is 475 g/mol. The van der Waals surface area contributed by atoms with Gasteiger partial charge in [0, 0.05) is 44.8 Å². The third-order valence-corrected chi connectivity index (χ3v) is 8.00. The molecule has 2 aromatic heterocycles. The van der Waals surface area contributed by atoms with Crippen LogP contribution in [0.2, 0.25) is 0 Å². The number of carbonyl (C=O) groups excluding carboxylic acids is 1. The molecule has 0 spiro atoms. The molecule has 2 fully saturated rings. The highest BCUT2D eigenvalue weighted by atomic mass is 16.2. The SMILES string of the molecule is CCN1CC(CC(=O)N2CCC(n3c(=O)[nH]c4ncccc43)CC2)CCC(C2=CCC=CC=C2)C1. The fraction of sp³-hybridized carbons (Fsp3) is 0.536. The standard InChI is InChI=1S/C28H37N5O2/c1-2-31-19-21(11-12-23(20-31)22-8-5-3-4-6-9-22)18-26(34)32-16-13-24(14-17-32)33-25-10-7-15-29-27(25)30-28(33)35/h3-5,7-10,15,21,23-24H,2,6,11-14,16-20H2,1H3,(H,29,30,35). The van der Waals surface area contributed by atoms with Crippen molar-refractivity contribution in [1.82, 2.24) is 24.3 Å². The highest BCUT2D eigenvalue weighted by Gasteiger charge is 2.30. The number of nitrogens with one attached hydrogen (secondary N) is 1. The topological polar surface area (TPSA) is 74.2 Å². The van der Waals surface area contributed by atoms with Crippen molar-refractivity contribution in [2.24, 2.45) is 11.8 Å². The van der Waals surface area contributed by atoms with Gasteiger partial charge in [-0.3, -0.25) is 14.3 Å². The van der Waals surface area contributed by atoms with Crippen molar-refractivity contribution in [3.05, 3.63) is 64.8 Å². The third-order valence-electron chi connectivity index (χ3n) is 8.00. The van der Waals surface area contributed by atoms with Crippen LogP contribution < -0.4 is 5.69 Å². The molecule has 7 nitrogen and oxygen atoms in total. The summed E-state index contributed by atoms with van der Waals surface area (Å²) in [7, 11) is 0. The minimum Gasteiger partial charge on any atom is -0.343 e. The van der Waals surface area contributed by atoms with Crippen molar-refractivity contribution in [2.45, 2.75) is 51.5 Å². The van der Waals surface area contributed by atoms with E-state index >= 15 is 0 Å². The van der Waals surface area contributed by atoms with Gasteiger partial charge in [-0.2, -0.15) is 0 Å². The van der Waals surface area contributed by atoms with Gasteiger partial charge in [-0.25, -0.2) is 9.78 Å². The number of allylic oxidation sites excluding steroid dienone is 5. The van der Waals surface area contributed by atoms with Crippen LogP contribution in [0.15, 0.2) is 59.1 Å². The molecule has 2 aromatic rings. The molecular weight excluding hydrogens is 438 g/mol. The molecule has 2 unspecified atom stereocenters. The fourth-order valence-electron chi connectivity index (χ4n) is 6.04. The number of aromatic amines is 1. The first kappa shape index (κ1) is 23.8. The molecule has 4 heterocycles. The Kier molecular flexibility index (Phi) is 7.32. The van der Waals surface area contributed by atoms with Crippen LogP contribution in [0.1, 0.15) is 51.5 Å². The lowest BCUT2D eigenvalue weighted by Crippen LogP contribution is -2.41. The quantitative estimate of drug-likeness (QED) is 0.708. The number of rotatable bonds is 5. The second-order valence-corrected chi connectivity index (χ2v) is 10.2. The van der Waals surface area contributed by atoms with Crippen LogP contribution in [0.5, 0.6) is 0 Å². The van der Waals surface area contributed by atoms with Crippen LogP contribution in [0.3, 0.4) is 0 Å². The van der Waals surface area contributed by atoms with Gasteiger partial charge in [0.15, 0.2) is 5.65 Å². The summed E-state index contributed by atoms with van der Waals surface area (Å²) in [5.74, 6) is 1.22. The number of piperidine rings is 1. The number of hydrogen-bond acceptors (Lipinski definition) is 4. The maximum atomic E-state index is 13.3. The Morgan fingerprint density at radius 1 is 1.14 bits per heavy atom. The summed E-state index contributed by atoms with van der Waals surface area (Å²) in [6.45, 7) is 6.75. The predicted molar refractivity (Wildman–Crippen MR) is 139 cm³/mol. The van der Waals surface area contributed by atoms with Gasteiger partial charge in [0.2, 0.25) is 5.91 Å². The molecule has 3 aliphatic rings. The fourth-order valence-corrected chi connectivity index (χ4v) is 6.04. The Labute approximate surface area is 207 Å². The smallest absolute Gasteiger partial charge is 0.327 e. The Bertz CT molecular complexity index is 1180. The number of aromatic nitrogens is 3. The van der Waals surface area contributed by atoms with Gasteiger partial charge < -0.3 is 9.80 Å². The summed E-state index contributed by atoms with van der Waals surface area (Å²) in [6, 6.07) is 3.91. The summed E-state index contributed by atoms with van der Waals surface area (Å²) in [4.78, 5) is 37.5. The van der Waals surface area contributed by atoms with E-state index in [0.717, 1.165) is 57.3 Å². The minimum absolute atomic E-state index is 0.106. The Morgan fingerprint density at radius 2 is 2.00 bits per heavy atom. The van der Waals surface area contributed by atoms with Crippen molar-refractivity contribution in [3.63, 3.8) is 0 Å². The zero-order valence-electron chi connectivity index (χ0n) is 20.7. The number of carbonyl (C=O) groups is 1. The molecule has 2 aliphatic heterocycles. The minimum atomic E-state index is -0.106. The zero-order valence-corrected chi connectivity index (χ0v) is 20.7. The first-order chi connectivity index (χ1) is 17.1. The largest absolute Gasteiger partial charge is 0.343 e. The van der Waals surface area contributed by atoms with E-state index in [4.69, 9.17) is 0 Å². The molecule has 0 radical (unpaired) electrons. The molecule has 0 aromatic carbocycles. The third kappa shape index (κ3) is 5.35. The van der Waals surface area contributed by atoms with E-state index in [1.54, 1.807) is 6.20 Å². The van der Waals surface area contributed by atoms with Gasteiger partial charge in [-0.1, -0.05) is 37.3 Å². The second-order valence-electron chi connectivity index (χ2n) is 10.2. The van der Waals surface area contributed by atoms with Crippen LogP contribution in [0.4, 0.5) is 0 Å². The molecule has 7 heteroatoms. The average molecular weight is 476 g/mol. The molecule has 35 heavy (non-hydrogen) atoms. The van der Waals surface area contributed by atoms with Crippen LogP contribution in [0, 0.1) is 11.8 Å². The second kappa shape index (κ2) is 10.8. The van der Waals surface area contributed by atoms with Crippen molar-refractivity contribution < 1.29 is 4.79 Å². The number of imidazole rings is 1. The Hall–Kier alpha value is -2.93. The van der Waals surface area contributed by atoms with Crippen LogP contribution in [-0.4, -0.2) is 63.0 Å². The average Bonchev–Trinajstić information content (AvgIpc) is 3.06. The van der Waals surface area contributed by atoms with Crippen molar-refractivity contribution in [1.29, 1.82) is 0 Å². The van der Waals surface area contributed by atoms with E-state index in [2.05, 4.69) is 52.2 Å². The summed E-state index contributed by atoms with van der Waals surface area (Å²) in [6.07, 6.45) is 18.3. The number of pyridine rings is 1. The number of hydrogen-bond donors (Lipinski definition) is 1. The van der Waals surface area contributed by atoms with E-state index in [-0.39, 0.29) is 17.6 Å². The number of fused-ring (bicyclic) bond motifs is 1. The van der Waals surface area contributed by atoms with Crippen LogP contribution in [0.25, 0.3) is 11.2 Å². The number of nitrogens with zero attached hydrogens (tertiary/aromatic N) is 4. The number of H-pyrrole nitrogens is 1. The normalized spacial score (nSPS) is 24.4. The molecule has 1 amide bonds. The first-order valence-corrected chi connectivity index (χ1v) is 13.2. The van der Waals surface area contributed by atoms with Gasteiger partial charge in [0.1, 0.15) is 0 Å². The Balaban J connectivity index is 1.18. The highest BCUT2D eigenvalue weighted by molar-refractivity contribution is 5.76. The van der Waals surface area contributed by atoms with Crippen LogP contribution >= 0.6 is 0 Å². The van der Waals surface area contributed by atoms with E-state index in [0.29, 0.717) is 37.0 Å². The maximum absolute atomic E-state index is 13.3. The maximum Gasteiger partial charge on any atom is 0.327 e. The number of amides is 1. The summed E-state index contributed by atoms with van der Waals surface area (Å²) >= 11 is 0. The van der Waals surface area contributed by atoms with Crippen molar-refractivity contribution in [2.75, 3.05) is 32.7 Å². The lowest BCUT2D eigenvalue weighted by Gasteiger charge is -2.33. The van der Waals surface area contributed by atoms with E-state index in [1.807, 2.05) is 21.6 Å². The Morgan fingerprint density at radius 3 is 2.83 bits per heavy atom. The molecule has 0 saturated carbocycles. The first-order valence-electron chi connectivity index (χ1n) is 13.2. The van der Waals surface area contributed by atoms with Gasteiger partial charge in [0.05, 0.1) is 5.52 Å². The van der Waals surface area contributed by atoms with Gasteiger partial charge in [-0.05, 0) is 68.2 Å². The van der Waals surface area contributed by atoms with Gasteiger partial charge in [-0.15, -0.1) is 0 Å². The molecule has 1 N–H and O–H groups in total. The lowest BCUT2D eigenvalue weighted by atomic mass is 9.90. The summed E-state index contributed by atoms with van der Waals surface area (Å²) in [5.41, 5.74) is 2.83. The van der Waals surface area contributed by atoms with E-state index in [9.17, 15) is 9.59 Å². The molecule has 1 aliphatic carbocycles. The van der Waals surface area contributed by atoms with Gasteiger partial charge in [0.25, 0.3) is 0 Å². The van der Waals surface area contributed by atoms with E-state index < -0.39 is 0 Å². The summed E-state index contributed by atoms with van der Waals surface area (Å²) in [5, 5.41) is 0. The predicted octanol–water partition coefficient (Wildman–Crippen LogP) is 4.07. The molecule has 186 valence electrons. The molecule has 2 atom stereocenters. The van der Waals surface area contributed by atoms with E-state index in [1.165, 1.54) is 5.57 Å². The van der Waals surface area contributed by atoms with Crippen molar-refractivity contribution >= 4 is 17.1 Å². The highest BCUT2D eigenvalue weighted by Crippen LogP contribution is 2.31. The molecular formula is C28H37N5O2. The lowest BCUT2D eigenvalue weighted by molar-refractivity contribution is -0.133. The molecule has 0 bridgehead atoms. The zero-order chi connectivity index (χ0) is 24.2.